The number of rotatable bonds is 6. The zero-order valence-corrected chi connectivity index (χ0v) is 17.3. The van der Waals surface area contributed by atoms with E-state index in [0.717, 1.165) is 41.5 Å². The monoisotopic (exact) mass is 404 g/mol. The molecule has 1 atom stereocenters. The molecule has 2 N–H and O–H groups in total. The predicted molar refractivity (Wildman–Crippen MR) is 118 cm³/mol. The average molecular weight is 405 g/mol. The van der Waals surface area contributed by atoms with Crippen molar-refractivity contribution in [1.29, 1.82) is 0 Å². The molecule has 0 spiro atoms. The van der Waals surface area contributed by atoms with Crippen molar-refractivity contribution in [2.75, 3.05) is 26.2 Å². The molecule has 6 heteroatoms. The van der Waals surface area contributed by atoms with Gasteiger partial charge in [0.25, 0.3) is 0 Å². The molecule has 2 aromatic carbocycles. The second kappa shape index (κ2) is 7.85. The number of aromatic nitrogens is 2. The molecule has 0 amide bonds. The minimum absolute atomic E-state index is 0.322. The number of carboxylic acids is 1. The van der Waals surface area contributed by atoms with Crippen LogP contribution < -0.4 is 5.32 Å². The van der Waals surface area contributed by atoms with Crippen molar-refractivity contribution in [2.45, 2.75) is 32.4 Å². The van der Waals surface area contributed by atoms with Gasteiger partial charge in [-0.1, -0.05) is 30.3 Å². The van der Waals surface area contributed by atoms with Crippen LogP contribution in [-0.4, -0.2) is 57.7 Å². The molecule has 6 nitrogen and oxygen atoms in total. The summed E-state index contributed by atoms with van der Waals surface area (Å²) in [6.07, 6.45) is 2.56. The zero-order chi connectivity index (χ0) is 20.7. The van der Waals surface area contributed by atoms with Crippen molar-refractivity contribution in [3.63, 3.8) is 0 Å². The number of benzene rings is 2. The highest BCUT2D eigenvalue weighted by molar-refractivity contribution is 6.02. The van der Waals surface area contributed by atoms with Crippen LogP contribution in [0.15, 0.2) is 42.5 Å². The number of aryl methyl sites for hydroxylation is 1. The standard InChI is InChI=1S/C24H28N4O2/c1-16-13-19(24(29)30)22-20(14-16)26-23(18-5-3-2-4-6-18)28(22)12-9-25-21-15-27-10-7-17(21)8-11-27/h2-6,13-14,17,21,25H,7-12,15H2,1H3,(H,29,30). The Morgan fingerprint density at radius 3 is 2.63 bits per heavy atom. The molecule has 1 aromatic heterocycles. The number of nitrogens with one attached hydrogen (secondary N) is 1. The van der Waals surface area contributed by atoms with Gasteiger partial charge >= 0.3 is 5.97 Å². The molecule has 2 bridgehead atoms. The Bertz CT molecular complexity index is 1070. The first-order valence-corrected chi connectivity index (χ1v) is 10.9. The Balaban J connectivity index is 1.49. The number of carbonyl (C=O) groups is 1. The molecule has 0 radical (unpaired) electrons. The third-order valence-electron chi connectivity index (χ3n) is 6.65. The van der Waals surface area contributed by atoms with Crippen molar-refractivity contribution >= 4 is 17.0 Å². The van der Waals surface area contributed by atoms with Gasteiger partial charge in [0.2, 0.25) is 0 Å². The van der Waals surface area contributed by atoms with Crippen molar-refractivity contribution in [3.05, 3.63) is 53.6 Å². The van der Waals surface area contributed by atoms with Gasteiger partial charge in [-0.3, -0.25) is 0 Å². The Labute approximate surface area is 176 Å². The van der Waals surface area contributed by atoms with Crippen LogP contribution in [0.3, 0.4) is 0 Å². The van der Waals surface area contributed by atoms with E-state index in [1.165, 1.54) is 25.9 Å². The molecular weight excluding hydrogens is 376 g/mol. The van der Waals surface area contributed by atoms with E-state index in [-0.39, 0.29) is 0 Å². The van der Waals surface area contributed by atoms with Crippen molar-refractivity contribution in [3.8, 4) is 11.4 Å². The number of hydrogen-bond donors (Lipinski definition) is 2. The van der Waals surface area contributed by atoms with E-state index in [4.69, 9.17) is 4.98 Å². The number of aromatic carboxylic acids is 1. The van der Waals surface area contributed by atoms with E-state index in [1.54, 1.807) is 6.07 Å². The first-order valence-electron chi connectivity index (χ1n) is 10.9. The summed E-state index contributed by atoms with van der Waals surface area (Å²) in [6, 6.07) is 14.3. The average Bonchev–Trinajstić information content (AvgIpc) is 3.13. The van der Waals surface area contributed by atoms with Crippen LogP contribution in [0.25, 0.3) is 22.4 Å². The SMILES string of the molecule is Cc1cc(C(=O)O)c2c(c1)nc(-c1ccccc1)n2CCNC1CN2CCC1CC2. The quantitative estimate of drug-likeness (QED) is 0.659. The minimum atomic E-state index is -0.908. The van der Waals surface area contributed by atoms with Crippen LogP contribution in [0.5, 0.6) is 0 Å². The summed E-state index contributed by atoms with van der Waals surface area (Å²) in [5.74, 6) is 0.685. The van der Waals surface area contributed by atoms with E-state index in [2.05, 4.69) is 14.8 Å². The number of fused-ring (bicyclic) bond motifs is 4. The maximum atomic E-state index is 12.0. The second-order valence-corrected chi connectivity index (χ2v) is 8.64. The lowest BCUT2D eigenvalue weighted by Gasteiger charge is -2.45. The van der Waals surface area contributed by atoms with Gasteiger partial charge in [-0.05, 0) is 56.5 Å². The zero-order valence-electron chi connectivity index (χ0n) is 17.3. The molecule has 3 aliphatic rings. The Hall–Kier alpha value is -2.70. The Morgan fingerprint density at radius 1 is 1.20 bits per heavy atom. The third-order valence-corrected chi connectivity index (χ3v) is 6.65. The number of hydrogen-bond acceptors (Lipinski definition) is 4. The van der Waals surface area contributed by atoms with E-state index in [9.17, 15) is 9.90 Å². The molecule has 6 rings (SSSR count). The molecule has 0 saturated carbocycles. The normalized spacial score (nSPS) is 23.2. The summed E-state index contributed by atoms with van der Waals surface area (Å²) in [6.45, 7) is 6.99. The lowest BCUT2D eigenvalue weighted by atomic mass is 9.84. The number of piperidine rings is 3. The molecule has 30 heavy (non-hydrogen) atoms. The molecule has 4 heterocycles. The fourth-order valence-electron chi connectivity index (χ4n) is 5.16. The number of imidazole rings is 1. The lowest BCUT2D eigenvalue weighted by Crippen LogP contribution is -2.56. The highest BCUT2D eigenvalue weighted by atomic mass is 16.4. The van der Waals surface area contributed by atoms with Gasteiger partial charge < -0.3 is 19.9 Å². The predicted octanol–water partition coefficient (Wildman–Crippen LogP) is 3.39. The Kier molecular flexibility index (Phi) is 5.05. The highest BCUT2D eigenvalue weighted by Crippen LogP contribution is 2.29. The van der Waals surface area contributed by atoms with Gasteiger partial charge in [0.1, 0.15) is 5.82 Å². The summed E-state index contributed by atoms with van der Waals surface area (Å²) < 4.78 is 2.09. The number of nitrogens with zero attached hydrogens (tertiary/aromatic N) is 3. The fraction of sp³-hybridized carbons (Fsp3) is 0.417. The van der Waals surface area contributed by atoms with Crippen LogP contribution in [0.2, 0.25) is 0 Å². The molecule has 3 fully saturated rings. The maximum Gasteiger partial charge on any atom is 0.337 e. The van der Waals surface area contributed by atoms with Crippen LogP contribution in [-0.2, 0) is 6.54 Å². The smallest absolute Gasteiger partial charge is 0.337 e. The molecule has 156 valence electrons. The summed E-state index contributed by atoms with van der Waals surface area (Å²) in [4.78, 5) is 19.4. The first-order chi connectivity index (χ1) is 14.6. The minimum Gasteiger partial charge on any atom is -0.478 e. The molecule has 3 aliphatic heterocycles. The molecule has 0 aliphatic carbocycles. The van der Waals surface area contributed by atoms with Crippen LogP contribution in [0.1, 0.15) is 28.8 Å². The molecular formula is C24H28N4O2. The summed E-state index contributed by atoms with van der Waals surface area (Å²) in [5, 5.41) is 13.6. The lowest BCUT2D eigenvalue weighted by molar-refractivity contribution is 0.0698. The van der Waals surface area contributed by atoms with Gasteiger partial charge in [-0.25, -0.2) is 9.78 Å². The van der Waals surface area contributed by atoms with Gasteiger partial charge in [-0.2, -0.15) is 0 Å². The molecule has 3 saturated heterocycles. The maximum absolute atomic E-state index is 12.0. The van der Waals surface area contributed by atoms with E-state index in [0.29, 0.717) is 23.7 Å². The van der Waals surface area contributed by atoms with E-state index < -0.39 is 5.97 Å². The van der Waals surface area contributed by atoms with Gasteiger partial charge in [-0.15, -0.1) is 0 Å². The highest BCUT2D eigenvalue weighted by Gasteiger charge is 2.33. The molecule has 1 unspecified atom stereocenters. The van der Waals surface area contributed by atoms with Crippen LogP contribution in [0, 0.1) is 12.8 Å². The molecule has 3 aromatic rings. The van der Waals surface area contributed by atoms with Gasteiger partial charge in [0.05, 0.1) is 16.6 Å². The van der Waals surface area contributed by atoms with E-state index >= 15 is 0 Å². The first kappa shape index (κ1) is 19.3. The number of carboxylic acid groups (broad SMARTS) is 1. The van der Waals surface area contributed by atoms with Crippen molar-refractivity contribution in [1.82, 2.24) is 19.8 Å². The summed E-state index contributed by atoms with van der Waals surface area (Å²) >= 11 is 0. The second-order valence-electron chi connectivity index (χ2n) is 8.64. The van der Waals surface area contributed by atoms with Crippen molar-refractivity contribution < 1.29 is 9.90 Å². The van der Waals surface area contributed by atoms with E-state index in [1.807, 2.05) is 43.3 Å². The van der Waals surface area contributed by atoms with Gasteiger partial charge in [0.15, 0.2) is 0 Å². The third kappa shape index (κ3) is 3.50. The summed E-state index contributed by atoms with van der Waals surface area (Å²) in [7, 11) is 0. The van der Waals surface area contributed by atoms with Crippen LogP contribution in [0.4, 0.5) is 0 Å². The summed E-state index contributed by atoms with van der Waals surface area (Å²) in [5.41, 5.74) is 3.69. The van der Waals surface area contributed by atoms with Crippen LogP contribution >= 0.6 is 0 Å². The Morgan fingerprint density at radius 2 is 1.97 bits per heavy atom. The van der Waals surface area contributed by atoms with Gasteiger partial charge in [0, 0.05) is 31.2 Å². The topological polar surface area (TPSA) is 70.4 Å². The van der Waals surface area contributed by atoms with Crippen molar-refractivity contribution in [2.24, 2.45) is 5.92 Å². The fourth-order valence-corrected chi connectivity index (χ4v) is 5.16. The largest absolute Gasteiger partial charge is 0.478 e.